The minimum Gasteiger partial charge on any atom is -0.482 e. The molecule has 0 atom stereocenters. The van der Waals surface area contributed by atoms with Crippen molar-refractivity contribution in [3.63, 3.8) is 0 Å². The van der Waals surface area contributed by atoms with E-state index in [1.807, 2.05) is 0 Å². The highest BCUT2D eigenvalue weighted by atomic mass is 35.5. The first-order valence-corrected chi connectivity index (χ1v) is 7.42. The predicted molar refractivity (Wildman–Crippen MR) is 83.5 cm³/mol. The second-order valence-electron chi connectivity index (χ2n) is 4.14. The molecule has 0 saturated carbocycles. The highest BCUT2D eigenvalue weighted by Gasteiger charge is 2.12. The summed E-state index contributed by atoms with van der Waals surface area (Å²) in [6.45, 7) is -0.414. The number of thiophene rings is 1. The summed E-state index contributed by atoms with van der Waals surface area (Å²) < 4.78 is 5.14. The monoisotopic (exact) mass is 355 g/mol. The van der Waals surface area contributed by atoms with E-state index in [9.17, 15) is 19.7 Å². The van der Waals surface area contributed by atoms with Gasteiger partial charge in [-0.3, -0.25) is 30.6 Å². The smallest absolute Gasteiger partial charge is 0.279 e. The van der Waals surface area contributed by atoms with Gasteiger partial charge >= 0.3 is 0 Å². The van der Waals surface area contributed by atoms with Gasteiger partial charge in [-0.2, -0.15) is 0 Å². The number of rotatable bonds is 5. The van der Waals surface area contributed by atoms with E-state index in [-0.39, 0.29) is 16.5 Å². The van der Waals surface area contributed by atoms with Crippen molar-refractivity contribution in [2.24, 2.45) is 0 Å². The average molecular weight is 356 g/mol. The number of nitro benzene ring substituents is 1. The largest absolute Gasteiger partial charge is 0.482 e. The van der Waals surface area contributed by atoms with Crippen LogP contribution in [0.1, 0.15) is 9.67 Å². The Balaban J connectivity index is 1.82. The Labute approximate surface area is 139 Å². The van der Waals surface area contributed by atoms with Crippen LogP contribution in [0.3, 0.4) is 0 Å². The summed E-state index contributed by atoms with van der Waals surface area (Å²) >= 11 is 7.05. The normalized spacial score (nSPS) is 9.96. The number of nitro groups is 1. The fourth-order valence-electron chi connectivity index (χ4n) is 1.50. The van der Waals surface area contributed by atoms with Crippen LogP contribution in [-0.2, 0) is 4.79 Å². The Hall–Kier alpha value is -2.65. The standard InChI is InChI=1S/C13H10ClN3O5S/c14-9-6-8(17(20)21)3-4-10(9)22-7-12(18)15-16-13(19)11-2-1-5-23-11/h1-6H,7H2,(H,15,18)(H,16,19). The lowest BCUT2D eigenvalue weighted by atomic mass is 10.3. The molecule has 10 heteroatoms. The molecule has 8 nitrogen and oxygen atoms in total. The maximum atomic E-state index is 11.6. The number of benzene rings is 1. The van der Waals surface area contributed by atoms with E-state index in [2.05, 4.69) is 10.9 Å². The Morgan fingerprint density at radius 2 is 2.09 bits per heavy atom. The van der Waals surface area contributed by atoms with Crippen LogP contribution in [0.5, 0.6) is 5.75 Å². The molecule has 0 aliphatic rings. The number of non-ortho nitro benzene ring substituents is 1. The first kappa shape index (κ1) is 16.7. The second kappa shape index (κ2) is 7.56. The highest BCUT2D eigenvalue weighted by molar-refractivity contribution is 7.12. The van der Waals surface area contributed by atoms with Crippen LogP contribution in [0.2, 0.25) is 5.02 Å². The molecule has 0 radical (unpaired) electrons. The Morgan fingerprint density at radius 1 is 1.30 bits per heavy atom. The van der Waals surface area contributed by atoms with Crippen molar-refractivity contribution in [3.8, 4) is 5.75 Å². The molecule has 2 aromatic rings. The van der Waals surface area contributed by atoms with Gasteiger partial charge in [0.05, 0.1) is 14.8 Å². The Kier molecular flexibility index (Phi) is 5.50. The quantitative estimate of drug-likeness (QED) is 0.630. The summed E-state index contributed by atoms with van der Waals surface area (Å²) in [4.78, 5) is 33.6. The molecule has 0 bridgehead atoms. The molecule has 23 heavy (non-hydrogen) atoms. The van der Waals surface area contributed by atoms with E-state index in [1.54, 1.807) is 17.5 Å². The minimum absolute atomic E-state index is 0.00891. The van der Waals surface area contributed by atoms with Gasteiger partial charge in [0.2, 0.25) is 0 Å². The minimum atomic E-state index is -0.607. The molecule has 0 aliphatic heterocycles. The van der Waals surface area contributed by atoms with Crippen molar-refractivity contribution in [2.45, 2.75) is 0 Å². The van der Waals surface area contributed by atoms with E-state index in [1.165, 1.54) is 23.5 Å². The molecule has 0 spiro atoms. The summed E-state index contributed by atoms with van der Waals surface area (Å²) in [5.74, 6) is -0.928. The molecule has 0 unspecified atom stereocenters. The molecule has 2 rings (SSSR count). The predicted octanol–water partition coefficient (Wildman–Crippen LogP) is 2.15. The van der Waals surface area contributed by atoms with E-state index in [0.717, 1.165) is 6.07 Å². The number of halogens is 1. The van der Waals surface area contributed by atoms with Crippen LogP contribution in [0.15, 0.2) is 35.7 Å². The number of hydrogen-bond donors (Lipinski definition) is 2. The Bertz CT molecular complexity index is 735. The van der Waals surface area contributed by atoms with Gasteiger partial charge in [-0.25, -0.2) is 0 Å². The lowest BCUT2D eigenvalue weighted by Gasteiger charge is -2.09. The molecule has 0 aliphatic carbocycles. The molecule has 2 amide bonds. The molecule has 1 aromatic heterocycles. The van der Waals surface area contributed by atoms with Crippen LogP contribution in [0.4, 0.5) is 5.69 Å². The van der Waals surface area contributed by atoms with Crippen molar-refractivity contribution >= 4 is 40.4 Å². The summed E-state index contributed by atoms with van der Waals surface area (Å²) in [6, 6.07) is 6.93. The van der Waals surface area contributed by atoms with Crippen molar-refractivity contribution in [1.29, 1.82) is 0 Å². The van der Waals surface area contributed by atoms with Gasteiger partial charge in [0, 0.05) is 12.1 Å². The van der Waals surface area contributed by atoms with Crippen LogP contribution < -0.4 is 15.6 Å². The molecule has 2 N–H and O–H groups in total. The van der Waals surface area contributed by atoms with Crippen molar-refractivity contribution in [1.82, 2.24) is 10.9 Å². The number of carbonyl (C=O) groups is 2. The Morgan fingerprint density at radius 3 is 2.70 bits per heavy atom. The van der Waals surface area contributed by atoms with E-state index in [4.69, 9.17) is 16.3 Å². The first-order chi connectivity index (χ1) is 11.0. The lowest BCUT2D eigenvalue weighted by molar-refractivity contribution is -0.384. The average Bonchev–Trinajstić information content (AvgIpc) is 3.05. The van der Waals surface area contributed by atoms with Crippen molar-refractivity contribution in [2.75, 3.05) is 6.61 Å². The van der Waals surface area contributed by atoms with Crippen molar-refractivity contribution in [3.05, 3.63) is 55.7 Å². The number of nitrogens with zero attached hydrogens (tertiary/aromatic N) is 1. The second-order valence-corrected chi connectivity index (χ2v) is 5.50. The maximum absolute atomic E-state index is 11.6. The zero-order valence-electron chi connectivity index (χ0n) is 11.4. The zero-order chi connectivity index (χ0) is 16.8. The summed E-state index contributed by atoms with van der Waals surface area (Å²) in [5, 5.41) is 12.3. The van der Waals surface area contributed by atoms with Crippen LogP contribution in [-0.4, -0.2) is 23.3 Å². The third-order valence-electron chi connectivity index (χ3n) is 2.55. The van der Waals surface area contributed by atoms with Gasteiger partial charge in [-0.15, -0.1) is 11.3 Å². The maximum Gasteiger partial charge on any atom is 0.279 e. The van der Waals surface area contributed by atoms with Gasteiger partial charge < -0.3 is 4.74 Å². The van der Waals surface area contributed by atoms with Crippen LogP contribution in [0.25, 0.3) is 0 Å². The van der Waals surface area contributed by atoms with Crippen LogP contribution >= 0.6 is 22.9 Å². The van der Waals surface area contributed by atoms with E-state index < -0.39 is 23.3 Å². The van der Waals surface area contributed by atoms with E-state index in [0.29, 0.717) is 4.88 Å². The number of amides is 2. The van der Waals surface area contributed by atoms with Crippen LogP contribution in [0, 0.1) is 10.1 Å². The lowest BCUT2D eigenvalue weighted by Crippen LogP contribution is -2.43. The third kappa shape index (κ3) is 4.66. The number of hydrazine groups is 1. The number of nitrogens with one attached hydrogen (secondary N) is 2. The van der Waals surface area contributed by atoms with Crippen molar-refractivity contribution < 1.29 is 19.2 Å². The first-order valence-electron chi connectivity index (χ1n) is 6.17. The molecule has 0 saturated heterocycles. The summed E-state index contributed by atoms with van der Waals surface area (Å²) in [6.07, 6.45) is 0. The topological polar surface area (TPSA) is 111 Å². The van der Waals surface area contributed by atoms with Gasteiger partial charge in [0.25, 0.3) is 17.5 Å². The van der Waals surface area contributed by atoms with E-state index >= 15 is 0 Å². The van der Waals surface area contributed by atoms with Gasteiger partial charge in [-0.05, 0) is 17.5 Å². The van der Waals surface area contributed by atoms with Gasteiger partial charge in [0.15, 0.2) is 6.61 Å². The molecule has 0 fully saturated rings. The fourth-order valence-corrected chi connectivity index (χ4v) is 2.34. The zero-order valence-corrected chi connectivity index (χ0v) is 13.0. The number of ether oxygens (including phenoxy) is 1. The molecule has 120 valence electrons. The molecule has 1 heterocycles. The number of carbonyl (C=O) groups excluding carboxylic acids is 2. The van der Waals surface area contributed by atoms with Gasteiger partial charge in [-0.1, -0.05) is 17.7 Å². The number of hydrogen-bond acceptors (Lipinski definition) is 6. The molecular weight excluding hydrogens is 346 g/mol. The summed E-state index contributed by atoms with van der Waals surface area (Å²) in [5.41, 5.74) is 4.23. The third-order valence-corrected chi connectivity index (χ3v) is 3.71. The SMILES string of the molecule is O=C(COc1ccc([N+](=O)[O-])cc1Cl)NNC(=O)c1cccs1. The molecule has 1 aromatic carbocycles. The van der Waals surface area contributed by atoms with Gasteiger partial charge in [0.1, 0.15) is 5.75 Å². The highest BCUT2D eigenvalue weighted by Crippen LogP contribution is 2.28. The summed E-state index contributed by atoms with van der Waals surface area (Å²) in [7, 11) is 0. The fraction of sp³-hybridized carbons (Fsp3) is 0.0769. The molecular formula is C13H10ClN3O5S.